The van der Waals surface area contributed by atoms with Crippen LogP contribution in [0.2, 0.25) is 0 Å². The second-order valence-electron chi connectivity index (χ2n) is 6.36. The van der Waals surface area contributed by atoms with Crippen molar-refractivity contribution in [3.63, 3.8) is 0 Å². The lowest BCUT2D eigenvalue weighted by Gasteiger charge is -2.34. The standard InChI is InChI=1S/C19H21FN2O3S/c1-15-13-17(7-8-18(15)20)26(24,25)22-11-9-21(10-12-22)19(23)14-16-5-3-2-4-6-16/h2-8,13H,9-12,14H2,1H3. The summed E-state index contributed by atoms with van der Waals surface area (Å²) in [6.07, 6.45) is 0.310. The number of nitrogens with zero attached hydrogens (tertiary/aromatic N) is 2. The molecule has 1 amide bonds. The number of halogens is 1. The summed E-state index contributed by atoms with van der Waals surface area (Å²) >= 11 is 0. The third kappa shape index (κ3) is 3.94. The Morgan fingerprint density at radius 1 is 1.04 bits per heavy atom. The van der Waals surface area contributed by atoms with Crippen LogP contribution in [0.3, 0.4) is 0 Å². The lowest BCUT2D eigenvalue weighted by molar-refractivity contribution is -0.131. The maximum Gasteiger partial charge on any atom is 0.243 e. The first-order valence-electron chi connectivity index (χ1n) is 8.46. The van der Waals surface area contributed by atoms with Crippen LogP contribution >= 0.6 is 0 Å². The molecule has 5 nitrogen and oxygen atoms in total. The van der Waals surface area contributed by atoms with Crippen LogP contribution in [0.4, 0.5) is 4.39 Å². The monoisotopic (exact) mass is 376 g/mol. The van der Waals surface area contributed by atoms with Gasteiger partial charge in [-0.25, -0.2) is 12.8 Å². The minimum absolute atomic E-state index is 0.00845. The molecule has 26 heavy (non-hydrogen) atoms. The van der Waals surface area contributed by atoms with Crippen molar-refractivity contribution in [3.05, 3.63) is 65.5 Å². The Labute approximate surface area is 153 Å². The summed E-state index contributed by atoms with van der Waals surface area (Å²) in [5, 5.41) is 0. The van der Waals surface area contributed by atoms with Crippen LogP contribution in [-0.2, 0) is 21.2 Å². The van der Waals surface area contributed by atoms with Gasteiger partial charge in [0.2, 0.25) is 15.9 Å². The molecule has 0 N–H and O–H groups in total. The first kappa shape index (κ1) is 18.5. The first-order valence-corrected chi connectivity index (χ1v) is 9.90. The first-order chi connectivity index (χ1) is 12.4. The SMILES string of the molecule is Cc1cc(S(=O)(=O)N2CCN(C(=O)Cc3ccccc3)CC2)ccc1F. The summed E-state index contributed by atoms with van der Waals surface area (Å²) in [7, 11) is -3.68. The maximum atomic E-state index is 13.4. The molecule has 2 aromatic rings. The molecule has 7 heteroatoms. The van der Waals surface area contributed by atoms with Crippen molar-refractivity contribution < 1.29 is 17.6 Å². The van der Waals surface area contributed by atoms with Crippen molar-refractivity contribution in [2.45, 2.75) is 18.2 Å². The van der Waals surface area contributed by atoms with Crippen LogP contribution in [0, 0.1) is 12.7 Å². The van der Waals surface area contributed by atoms with Gasteiger partial charge in [-0.15, -0.1) is 0 Å². The zero-order chi connectivity index (χ0) is 18.7. The minimum atomic E-state index is -3.68. The van der Waals surface area contributed by atoms with Crippen LogP contribution in [0.5, 0.6) is 0 Å². The molecule has 3 rings (SSSR count). The van der Waals surface area contributed by atoms with Gasteiger partial charge in [0.25, 0.3) is 0 Å². The molecule has 1 saturated heterocycles. The molecule has 1 heterocycles. The van der Waals surface area contributed by atoms with E-state index < -0.39 is 15.8 Å². The number of rotatable bonds is 4. The van der Waals surface area contributed by atoms with Crippen LogP contribution in [0.15, 0.2) is 53.4 Å². The molecule has 138 valence electrons. The van der Waals surface area contributed by atoms with Crippen molar-refractivity contribution in [2.24, 2.45) is 0 Å². The number of carbonyl (C=O) groups is 1. The molecule has 0 spiro atoms. The summed E-state index contributed by atoms with van der Waals surface area (Å²) in [5.41, 5.74) is 1.23. The summed E-state index contributed by atoms with van der Waals surface area (Å²) in [6, 6.07) is 13.3. The van der Waals surface area contributed by atoms with E-state index in [9.17, 15) is 17.6 Å². The van der Waals surface area contributed by atoms with Crippen LogP contribution in [0.1, 0.15) is 11.1 Å². The quantitative estimate of drug-likeness (QED) is 0.822. The Hall–Kier alpha value is -2.25. The van der Waals surface area contributed by atoms with Gasteiger partial charge in [-0.2, -0.15) is 4.31 Å². The van der Waals surface area contributed by atoms with E-state index in [1.54, 1.807) is 4.90 Å². The fraction of sp³-hybridized carbons (Fsp3) is 0.316. The molecule has 0 saturated carbocycles. The van der Waals surface area contributed by atoms with E-state index in [1.165, 1.54) is 29.4 Å². The molecule has 1 aliphatic rings. The molecule has 0 aromatic heterocycles. The van der Waals surface area contributed by atoms with E-state index in [4.69, 9.17) is 0 Å². The molecule has 1 aliphatic heterocycles. The van der Waals surface area contributed by atoms with Crippen molar-refractivity contribution in [1.29, 1.82) is 0 Å². The summed E-state index contributed by atoms with van der Waals surface area (Å²) in [4.78, 5) is 14.2. The Bertz CT molecular complexity index is 892. The fourth-order valence-electron chi connectivity index (χ4n) is 2.99. The van der Waals surface area contributed by atoms with Gasteiger partial charge >= 0.3 is 0 Å². The Kier molecular flexibility index (Phi) is 5.38. The number of piperazine rings is 1. The zero-order valence-electron chi connectivity index (χ0n) is 14.6. The van der Waals surface area contributed by atoms with Crippen molar-refractivity contribution >= 4 is 15.9 Å². The molecular formula is C19H21FN2O3S. The summed E-state index contributed by atoms with van der Waals surface area (Å²) in [6.45, 7) is 2.71. The molecule has 0 unspecified atom stereocenters. The second-order valence-corrected chi connectivity index (χ2v) is 8.30. The van der Waals surface area contributed by atoms with Gasteiger partial charge in [-0.05, 0) is 36.2 Å². The van der Waals surface area contributed by atoms with Crippen molar-refractivity contribution in [3.8, 4) is 0 Å². The fourth-order valence-corrected chi connectivity index (χ4v) is 4.49. The number of carbonyl (C=O) groups excluding carboxylic acids is 1. The van der Waals surface area contributed by atoms with E-state index in [-0.39, 0.29) is 23.9 Å². The summed E-state index contributed by atoms with van der Waals surface area (Å²) < 4.78 is 40.2. The molecule has 1 fully saturated rings. The normalized spacial score (nSPS) is 15.8. The maximum absolute atomic E-state index is 13.4. The highest BCUT2D eigenvalue weighted by Crippen LogP contribution is 2.20. The number of aryl methyl sites for hydroxylation is 1. The van der Waals surface area contributed by atoms with Gasteiger partial charge in [-0.1, -0.05) is 30.3 Å². The molecule has 0 bridgehead atoms. The van der Waals surface area contributed by atoms with Crippen LogP contribution < -0.4 is 0 Å². The number of sulfonamides is 1. The number of hydrogen-bond donors (Lipinski definition) is 0. The molecule has 0 aliphatic carbocycles. The minimum Gasteiger partial charge on any atom is -0.340 e. The van der Waals surface area contributed by atoms with E-state index in [2.05, 4.69) is 0 Å². The van der Waals surface area contributed by atoms with Crippen LogP contribution in [-0.4, -0.2) is 49.7 Å². The van der Waals surface area contributed by atoms with Gasteiger partial charge in [0.05, 0.1) is 11.3 Å². The predicted octanol–water partition coefficient (Wildman–Crippen LogP) is 2.21. The number of hydrogen-bond acceptors (Lipinski definition) is 3. The molecule has 0 atom stereocenters. The average molecular weight is 376 g/mol. The lowest BCUT2D eigenvalue weighted by Crippen LogP contribution is -2.50. The van der Waals surface area contributed by atoms with Crippen LogP contribution in [0.25, 0.3) is 0 Å². The topological polar surface area (TPSA) is 57.7 Å². The smallest absolute Gasteiger partial charge is 0.243 e. The molecule has 0 radical (unpaired) electrons. The highest BCUT2D eigenvalue weighted by Gasteiger charge is 2.30. The van der Waals surface area contributed by atoms with Gasteiger partial charge in [0.15, 0.2) is 0 Å². The van der Waals surface area contributed by atoms with Crippen molar-refractivity contribution in [1.82, 2.24) is 9.21 Å². The Morgan fingerprint density at radius 2 is 1.69 bits per heavy atom. The zero-order valence-corrected chi connectivity index (χ0v) is 15.4. The van der Waals surface area contributed by atoms with E-state index in [1.807, 2.05) is 30.3 Å². The number of benzene rings is 2. The Balaban J connectivity index is 1.64. The van der Waals surface area contributed by atoms with E-state index in [0.29, 0.717) is 25.1 Å². The van der Waals surface area contributed by atoms with Gasteiger partial charge < -0.3 is 4.90 Å². The molecular weight excluding hydrogens is 355 g/mol. The third-order valence-electron chi connectivity index (χ3n) is 4.56. The average Bonchev–Trinajstić information content (AvgIpc) is 2.65. The Morgan fingerprint density at radius 3 is 2.31 bits per heavy atom. The highest BCUT2D eigenvalue weighted by molar-refractivity contribution is 7.89. The van der Waals surface area contributed by atoms with E-state index >= 15 is 0 Å². The largest absolute Gasteiger partial charge is 0.340 e. The predicted molar refractivity (Wildman–Crippen MR) is 96.6 cm³/mol. The molecule has 2 aromatic carbocycles. The number of amides is 1. The van der Waals surface area contributed by atoms with Gasteiger partial charge in [0.1, 0.15) is 5.82 Å². The lowest BCUT2D eigenvalue weighted by atomic mass is 10.1. The van der Waals surface area contributed by atoms with Gasteiger partial charge in [0, 0.05) is 26.2 Å². The summed E-state index contributed by atoms with van der Waals surface area (Å²) in [5.74, 6) is -0.439. The van der Waals surface area contributed by atoms with Gasteiger partial charge in [-0.3, -0.25) is 4.79 Å². The third-order valence-corrected chi connectivity index (χ3v) is 6.45. The second kappa shape index (κ2) is 7.55. The highest BCUT2D eigenvalue weighted by atomic mass is 32.2. The van der Waals surface area contributed by atoms with E-state index in [0.717, 1.165) is 5.56 Å². The van der Waals surface area contributed by atoms with Crippen molar-refractivity contribution in [2.75, 3.05) is 26.2 Å².